The van der Waals surface area contributed by atoms with Crippen LogP contribution in [0.3, 0.4) is 0 Å². The van der Waals surface area contributed by atoms with Gasteiger partial charge in [0.05, 0.1) is 36.7 Å². The molecule has 1 unspecified atom stereocenters. The van der Waals surface area contributed by atoms with E-state index in [1.807, 2.05) is 36.4 Å². The Hall–Kier alpha value is -3.49. The van der Waals surface area contributed by atoms with Gasteiger partial charge in [-0.3, -0.25) is 9.69 Å². The van der Waals surface area contributed by atoms with E-state index in [0.717, 1.165) is 49.5 Å². The van der Waals surface area contributed by atoms with Crippen LogP contribution in [-0.2, 0) is 27.5 Å². The number of nitrogens with zero attached hydrogens (tertiary/aromatic N) is 2. The fourth-order valence-electron chi connectivity index (χ4n) is 5.08. The van der Waals surface area contributed by atoms with Crippen LogP contribution < -0.4 is 10.9 Å². The summed E-state index contributed by atoms with van der Waals surface area (Å²) in [6.45, 7) is 4.88. The van der Waals surface area contributed by atoms with Gasteiger partial charge in [-0.25, -0.2) is 13.4 Å². The van der Waals surface area contributed by atoms with Crippen LogP contribution in [0.2, 0.25) is 0 Å². The summed E-state index contributed by atoms with van der Waals surface area (Å²) in [7, 11) is -3.01. The largest absolute Gasteiger partial charge is 0.502 e. The van der Waals surface area contributed by atoms with Crippen molar-refractivity contribution in [3.05, 3.63) is 93.2 Å². The first-order valence-corrected chi connectivity index (χ1v) is 15.4. The average Bonchev–Trinajstić information content (AvgIpc) is 3.32. The lowest BCUT2D eigenvalue weighted by molar-refractivity contribution is 0.0342. The molecule has 2 fully saturated rings. The predicted octanol–water partition coefficient (Wildman–Crippen LogP) is 1.81. The topological polar surface area (TPSA) is 125 Å². The summed E-state index contributed by atoms with van der Waals surface area (Å²) in [5, 5.41) is 13.6. The number of rotatable bonds is 8. The van der Waals surface area contributed by atoms with E-state index in [-0.39, 0.29) is 23.5 Å². The summed E-state index contributed by atoms with van der Waals surface area (Å²) >= 11 is 0. The number of aromatic amines is 1. The molecule has 5 rings (SSSR count). The van der Waals surface area contributed by atoms with Crippen molar-refractivity contribution in [2.75, 3.05) is 44.4 Å². The number of H-pyrrole nitrogens is 1. The Kier molecular flexibility index (Phi) is 8.97. The average molecular weight is 563 g/mol. The molecular weight excluding hydrogens is 528 g/mol. The predicted molar refractivity (Wildman–Crippen MR) is 153 cm³/mol. The fraction of sp³-hybridized carbons (Fsp3) is 0.400. The van der Waals surface area contributed by atoms with Crippen molar-refractivity contribution in [3.8, 4) is 17.6 Å². The number of aromatic nitrogens is 2. The number of aromatic hydroxyl groups is 1. The zero-order chi connectivity index (χ0) is 28.0. The molecule has 0 bridgehead atoms. The summed E-state index contributed by atoms with van der Waals surface area (Å²) in [5.41, 5.74) is 3.76. The van der Waals surface area contributed by atoms with E-state index in [4.69, 9.17) is 4.74 Å². The van der Waals surface area contributed by atoms with E-state index >= 15 is 0 Å². The third-order valence-electron chi connectivity index (χ3n) is 7.43. The lowest BCUT2D eigenvalue weighted by Gasteiger charge is -2.26. The van der Waals surface area contributed by atoms with Crippen molar-refractivity contribution in [3.63, 3.8) is 0 Å². The van der Waals surface area contributed by atoms with Gasteiger partial charge in [0.25, 0.3) is 5.56 Å². The first-order chi connectivity index (χ1) is 19.3. The van der Waals surface area contributed by atoms with Crippen molar-refractivity contribution in [1.82, 2.24) is 20.2 Å². The highest BCUT2D eigenvalue weighted by molar-refractivity contribution is 7.91. The Morgan fingerprint density at radius 2 is 1.75 bits per heavy atom. The molecule has 2 aromatic carbocycles. The Bertz CT molecular complexity index is 1520. The standard InChI is InChI=1S/C30H34N4O5S/c35-29-28(32-21-33-30(29)36)17-26(18-31-27-11-16-40(37,38)20-27)25-9-7-23(8-10-25)2-1-22-3-5-24(6-4-22)19-34-12-14-39-15-13-34/h3-10,21,26-27,31,35H,11-20H2,(H,32,33,36)/t26?,27-/m0/s1. The molecule has 0 radical (unpaired) electrons. The number of sulfone groups is 1. The molecule has 0 aliphatic carbocycles. The lowest BCUT2D eigenvalue weighted by Crippen LogP contribution is -2.35. The van der Waals surface area contributed by atoms with E-state index < -0.39 is 21.1 Å². The number of nitrogens with one attached hydrogen (secondary N) is 2. The van der Waals surface area contributed by atoms with E-state index in [1.165, 1.54) is 11.9 Å². The van der Waals surface area contributed by atoms with Gasteiger partial charge < -0.3 is 20.1 Å². The van der Waals surface area contributed by atoms with Gasteiger partial charge in [0.2, 0.25) is 5.75 Å². The van der Waals surface area contributed by atoms with Gasteiger partial charge in [0.15, 0.2) is 9.84 Å². The van der Waals surface area contributed by atoms with Crippen LogP contribution in [0, 0.1) is 11.8 Å². The van der Waals surface area contributed by atoms with E-state index in [0.29, 0.717) is 25.1 Å². The second kappa shape index (κ2) is 12.8. The summed E-state index contributed by atoms with van der Waals surface area (Å²) in [4.78, 5) is 20.8. The minimum Gasteiger partial charge on any atom is -0.502 e. The maximum absolute atomic E-state index is 11.9. The SMILES string of the molecule is O=c1[nH]cnc(CC(CN[C@H]2CCS(=O)(=O)C2)c2ccc(C#Cc3ccc(CN4CCOCC4)cc3)cc2)c1O. The molecule has 0 amide bonds. The molecule has 3 N–H and O–H groups in total. The summed E-state index contributed by atoms with van der Waals surface area (Å²) in [5.74, 6) is 6.24. The molecule has 10 heteroatoms. The smallest absolute Gasteiger partial charge is 0.293 e. The third kappa shape index (κ3) is 7.58. The van der Waals surface area contributed by atoms with Crippen molar-refractivity contribution in [2.24, 2.45) is 0 Å². The molecule has 1 aromatic heterocycles. The lowest BCUT2D eigenvalue weighted by atomic mass is 9.92. The molecular formula is C30H34N4O5S. The molecule has 0 spiro atoms. The quantitative estimate of drug-likeness (QED) is 0.355. The summed E-state index contributed by atoms with van der Waals surface area (Å²) < 4.78 is 29.2. The first kappa shape index (κ1) is 28.1. The molecule has 3 aromatic rings. The number of morpholine rings is 1. The number of hydrogen-bond donors (Lipinski definition) is 3. The Morgan fingerprint density at radius 3 is 2.40 bits per heavy atom. The molecule has 210 valence electrons. The molecule has 2 aliphatic heterocycles. The highest BCUT2D eigenvalue weighted by Gasteiger charge is 2.28. The van der Waals surface area contributed by atoms with Crippen molar-refractivity contribution >= 4 is 9.84 Å². The Morgan fingerprint density at radius 1 is 1.07 bits per heavy atom. The summed E-state index contributed by atoms with van der Waals surface area (Å²) in [6, 6.07) is 16.1. The highest BCUT2D eigenvalue weighted by Crippen LogP contribution is 2.24. The van der Waals surface area contributed by atoms with Crippen molar-refractivity contribution in [1.29, 1.82) is 0 Å². The number of hydrogen-bond acceptors (Lipinski definition) is 8. The van der Waals surface area contributed by atoms with Crippen molar-refractivity contribution < 1.29 is 18.3 Å². The van der Waals surface area contributed by atoms with Gasteiger partial charge in [-0.1, -0.05) is 36.1 Å². The molecule has 2 saturated heterocycles. The molecule has 0 saturated carbocycles. The second-order valence-corrected chi connectivity index (χ2v) is 12.6. The van der Waals surface area contributed by atoms with Crippen molar-refractivity contribution in [2.45, 2.75) is 31.3 Å². The zero-order valence-corrected chi connectivity index (χ0v) is 23.1. The number of ether oxygens (including phenoxy) is 1. The molecule has 3 heterocycles. The number of benzene rings is 2. The zero-order valence-electron chi connectivity index (χ0n) is 22.3. The van der Waals surface area contributed by atoms with Gasteiger partial charge in [-0.15, -0.1) is 0 Å². The minimum atomic E-state index is -3.01. The van der Waals surface area contributed by atoms with Gasteiger partial charge in [-0.05, 0) is 41.8 Å². The van der Waals surface area contributed by atoms with Crippen LogP contribution in [0.25, 0.3) is 0 Å². The van der Waals surface area contributed by atoms with Crippen LogP contribution >= 0.6 is 0 Å². The van der Waals surface area contributed by atoms with Gasteiger partial charge >= 0.3 is 0 Å². The van der Waals surface area contributed by atoms with E-state index in [9.17, 15) is 18.3 Å². The van der Waals surface area contributed by atoms with Gasteiger partial charge in [0, 0.05) is 55.7 Å². The first-order valence-electron chi connectivity index (χ1n) is 13.5. The van der Waals surface area contributed by atoms with Crippen LogP contribution in [0.15, 0.2) is 59.7 Å². The fourth-order valence-corrected chi connectivity index (χ4v) is 6.79. The second-order valence-electron chi connectivity index (χ2n) is 10.4. The minimum absolute atomic E-state index is 0.112. The Labute approximate surface area is 234 Å². The van der Waals surface area contributed by atoms with Crippen LogP contribution in [0.4, 0.5) is 0 Å². The van der Waals surface area contributed by atoms with Gasteiger partial charge in [-0.2, -0.15) is 0 Å². The monoisotopic (exact) mass is 562 g/mol. The maximum atomic E-state index is 11.9. The van der Waals surface area contributed by atoms with E-state index in [1.54, 1.807) is 0 Å². The molecule has 40 heavy (non-hydrogen) atoms. The van der Waals surface area contributed by atoms with Crippen LogP contribution in [0.5, 0.6) is 5.75 Å². The summed E-state index contributed by atoms with van der Waals surface area (Å²) in [6.07, 6.45) is 2.18. The molecule has 2 atom stereocenters. The van der Waals surface area contributed by atoms with Crippen LogP contribution in [0.1, 0.15) is 40.3 Å². The van der Waals surface area contributed by atoms with Gasteiger partial charge in [0.1, 0.15) is 0 Å². The van der Waals surface area contributed by atoms with E-state index in [2.05, 4.69) is 44.2 Å². The maximum Gasteiger partial charge on any atom is 0.293 e. The third-order valence-corrected chi connectivity index (χ3v) is 9.19. The molecule has 2 aliphatic rings. The molecule has 9 nitrogen and oxygen atoms in total. The Balaban J connectivity index is 1.26. The highest BCUT2D eigenvalue weighted by atomic mass is 32.2. The normalized spacial score (nSPS) is 19.6. The van der Waals surface area contributed by atoms with Crippen LogP contribution in [-0.4, -0.2) is 78.8 Å².